The zero-order valence-corrected chi connectivity index (χ0v) is 12.7. The fraction of sp³-hybridized carbons (Fsp3) is 0.300. The van der Waals surface area contributed by atoms with Gasteiger partial charge in [-0.05, 0) is 36.0 Å². The summed E-state index contributed by atoms with van der Waals surface area (Å²) in [7, 11) is 1.95. The van der Waals surface area contributed by atoms with Crippen molar-refractivity contribution in [2.24, 2.45) is 0 Å². The molecule has 2 heterocycles. The van der Waals surface area contributed by atoms with Crippen LogP contribution in [0.3, 0.4) is 0 Å². The van der Waals surface area contributed by atoms with Crippen molar-refractivity contribution < 1.29 is 0 Å². The van der Waals surface area contributed by atoms with Crippen LogP contribution in [0.25, 0.3) is 9.88 Å². The molecule has 2 rings (SSSR count). The predicted octanol–water partition coefficient (Wildman–Crippen LogP) is 4.57. The fourth-order valence-electron chi connectivity index (χ4n) is 1.19. The van der Waals surface area contributed by atoms with Crippen molar-refractivity contribution in [2.75, 3.05) is 7.05 Å². The number of thiazole rings is 1. The molecule has 0 radical (unpaired) electrons. The van der Waals surface area contributed by atoms with Crippen LogP contribution in [0.2, 0.25) is 4.34 Å². The van der Waals surface area contributed by atoms with E-state index >= 15 is 0 Å². The third-order valence-electron chi connectivity index (χ3n) is 2.24. The van der Waals surface area contributed by atoms with E-state index in [1.54, 1.807) is 22.7 Å². The highest BCUT2D eigenvalue weighted by Gasteiger charge is 2.12. The van der Waals surface area contributed by atoms with Crippen molar-refractivity contribution in [3.05, 3.63) is 25.9 Å². The molecule has 6 heteroatoms. The summed E-state index contributed by atoms with van der Waals surface area (Å²) in [5.74, 6) is 0. The van der Waals surface area contributed by atoms with Gasteiger partial charge in [-0.1, -0.05) is 11.6 Å². The van der Waals surface area contributed by atoms with E-state index in [9.17, 15) is 0 Å². The van der Waals surface area contributed by atoms with Crippen molar-refractivity contribution in [2.45, 2.75) is 13.0 Å². The molecule has 0 bridgehead atoms. The lowest BCUT2D eigenvalue weighted by atomic mass is 10.3. The Morgan fingerprint density at radius 2 is 2.25 bits per heavy atom. The van der Waals surface area contributed by atoms with Gasteiger partial charge in [-0.3, -0.25) is 0 Å². The van der Waals surface area contributed by atoms with Crippen LogP contribution in [0.5, 0.6) is 0 Å². The molecule has 2 aromatic rings. The lowest BCUT2D eigenvalue weighted by Gasteiger charge is -2.04. The van der Waals surface area contributed by atoms with E-state index in [1.165, 1.54) is 4.88 Å². The number of thiophene rings is 1. The van der Waals surface area contributed by atoms with Crippen LogP contribution in [0.4, 0.5) is 0 Å². The maximum absolute atomic E-state index is 6.01. The number of hydrogen-bond donors (Lipinski definition) is 1. The first kappa shape index (κ1) is 12.5. The molecule has 16 heavy (non-hydrogen) atoms. The van der Waals surface area contributed by atoms with Gasteiger partial charge in [0, 0.05) is 21.6 Å². The summed E-state index contributed by atoms with van der Waals surface area (Å²) >= 11 is 12.7. The topological polar surface area (TPSA) is 24.9 Å². The van der Waals surface area contributed by atoms with Crippen LogP contribution in [0.1, 0.15) is 17.8 Å². The van der Waals surface area contributed by atoms with Crippen molar-refractivity contribution >= 4 is 50.2 Å². The van der Waals surface area contributed by atoms with Crippen molar-refractivity contribution in [1.82, 2.24) is 10.3 Å². The van der Waals surface area contributed by atoms with Gasteiger partial charge in [0.1, 0.15) is 9.34 Å². The summed E-state index contributed by atoms with van der Waals surface area (Å²) in [5, 5.41) is 4.22. The molecule has 0 aliphatic heterocycles. The Labute approximate surface area is 116 Å². The van der Waals surface area contributed by atoms with E-state index in [-0.39, 0.29) is 0 Å². The molecule has 0 fully saturated rings. The van der Waals surface area contributed by atoms with Gasteiger partial charge in [-0.2, -0.15) is 0 Å². The third-order valence-corrected chi connectivity index (χ3v) is 6.06. The van der Waals surface area contributed by atoms with Gasteiger partial charge < -0.3 is 5.32 Å². The van der Waals surface area contributed by atoms with Crippen LogP contribution in [-0.2, 0) is 0 Å². The smallest absolute Gasteiger partial charge is 0.133 e. The number of halogens is 2. The van der Waals surface area contributed by atoms with Gasteiger partial charge >= 0.3 is 0 Å². The monoisotopic (exact) mass is 336 g/mol. The van der Waals surface area contributed by atoms with Crippen LogP contribution < -0.4 is 5.32 Å². The predicted molar refractivity (Wildman–Crippen MR) is 75.6 cm³/mol. The van der Waals surface area contributed by atoms with E-state index < -0.39 is 0 Å². The summed E-state index contributed by atoms with van der Waals surface area (Å²) in [4.78, 5) is 6.76. The van der Waals surface area contributed by atoms with Gasteiger partial charge in [0.25, 0.3) is 0 Å². The quantitative estimate of drug-likeness (QED) is 0.887. The minimum atomic E-state index is 0.338. The van der Waals surface area contributed by atoms with E-state index in [0.717, 1.165) is 18.7 Å². The maximum Gasteiger partial charge on any atom is 0.133 e. The Morgan fingerprint density at radius 1 is 1.50 bits per heavy atom. The first-order valence-corrected chi connectivity index (χ1v) is 7.50. The number of nitrogens with zero attached hydrogens (tertiary/aromatic N) is 1. The summed E-state index contributed by atoms with van der Waals surface area (Å²) in [6, 6.07) is 2.35. The number of aromatic nitrogens is 1. The molecular weight excluding hydrogens is 328 g/mol. The van der Waals surface area contributed by atoms with E-state index in [0.29, 0.717) is 6.04 Å². The molecule has 1 unspecified atom stereocenters. The highest BCUT2D eigenvalue weighted by atomic mass is 79.9. The van der Waals surface area contributed by atoms with Crippen molar-refractivity contribution in [3.8, 4) is 9.88 Å². The summed E-state index contributed by atoms with van der Waals surface area (Å²) < 4.78 is 1.71. The average molecular weight is 338 g/mol. The highest BCUT2D eigenvalue weighted by Crippen LogP contribution is 2.39. The Balaban J connectivity index is 2.31. The molecule has 0 saturated carbocycles. The summed E-state index contributed by atoms with van der Waals surface area (Å²) in [5.41, 5.74) is 0. The van der Waals surface area contributed by atoms with Gasteiger partial charge in [-0.25, -0.2) is 4.98 Å². The van der Waals surface area contributed by atoms with Crippen molar-refractivity contribution in [3.63, 3.8) is 0 Å². The Morgan fingerprint density at radius 3 is 2.81 bits per heavy atom. The van der Waals surface area contributed by atoms with Gasteiger partial charge in [0.05, 0.1) is 4.88 Å². The van der Waals surface area contributed by atoms with Crippen LogP contribution in [0, 0.1) is 0 Å². The Hall–Kier alpha value is 0.0600. The van der Waals surface area contributed by atoms with E-state index in [2.05, 4.69) is 33.2 Å². The molecule has 1 atom stereocenters. The second-order valence-electron chi connectivity index (χ2n) is 3.31. The molecule has 0 amide bonds. The lowest BCUT2D eigenvalue weighted by molar-refractivity contribution is 0.662. The van der Waals surface area contributed by atoms with Gasteiger partial charge in [-0.15, -0.1) is 22.7 Å². The summed E-state index contributed by atoms with van der Waals surface area (Å²) in [6.07, 6.45) is 1.92. The molecule has 1 N–H and O–H groups in total. The zero-order valence-electron chi connectivity index (χ0n) is 8.75. The lowest BCUT2D eigenvalue weighted by Crippen LogP contribution is -2.10. The SMILES string of the molecule is CNC(C)c1cnc(-c2cc(Br)c(Cl)s2)s1. The number of nitrogens with one attached hydrogen (secondary N) is 1. The molecule has 2 aromatic heterocycles. The number of hydrogen-bond acceptors (Lipinski definition) is 4. The molecule has 0 aromatic carbocycles. The summed E-state index contributed by atoms with van der Waals surface area (Å²) in [6.45, 7) is 2.12. The van der Waals surface area contributed by atoms with Crippen LogP contribution >= 0.6 is 50.2 Å². The zero-order chi connectivity index (χ0) is 11.7. The van der Waals surface area contributed by atoms with Crippen LogP contribution in [0.15, 0.2) is 16.7 Å². The minimum Gasteiger partial charge on any atom is -0.312 e. The second-order valence-corrected chi connectivity index (χ2v) is 6.88. The Kier molecular flexibility index (Phi) is 4.02. The van der Waals surface area contributed by atoms with Crippen molar-refractivity contribution in [1.29, 1.82) is 0 Å². The van der Waals surface area contributed by atoms with E-state index in [4.69, 9.17) is 11.6 Å². The second kappa shape index (κ2) is 5.14. The maximum atomic E-state index is 6.01. The third kappa shape index (κ3) is 2.49. The fourth-order valence-corrected chi connectivity index (χ4v) is 3.93. The first-order valence-electron chi connectivity index (χ1n) is 4.70. The van der Waals surface area contributed by atoms with E-state index in [1.807, 2.05) is 19.3 Å². The molecule has 2 nitrogen and oxygen atoms in total. The van der Waals surface area contributed by atoms with Gasteiger partial charge in [0.2, 0.25) is 0 Å². The molecule has 0 spiro atoms. The highest BCUT2D eigenvalue weighted by molar-refractivity contribution is 9.10. The first-order chi connectivity index (χ1) is 7.61. The van der Waals surface area contributed by atoms with Crippen LogP contribution in [-0.4, -0.2) is 12.0 Å². The normalized spacial score (nSPS) is 13.0. The largest absolute Gasteiger partial charge is 0.312 e. The average Bonchev–Trinajstić information content (AvgIpc) is 2.86. The molecule has 0 aliphatic rings. The standard InChI is InChI=1S/C10H10BrClN2S2/c1-5(13-2)8-4-14-10(16-8)7-3-6(11)9(12)15-7/h3-5,13H,1-2H3. The number of rotatable bonds is 3. The molecular formula is C10H10BrClN2S2. The Bertz CT molecular complexity index is 475. The molecule has 86 valence electrons. The van der Waals surface area contributed by atoms with Gasteiger partial charge in [0.15, 0.2) is 0 Å². The molecule has 0 aliphatic carbocycles. The molecule has 0 saturated heterocycles. The minimum absolute atomic E-state index is 0.338.